The summed E-state index contributed by atoms with van der Waals surface area (Å²) in [7, 11) is -1.95. The van der Waals surface area contributed by atoms with E-state index in [9.17, 15) is 9.18 Å². The lowest BCUT2D eigenvalue weighted by Crippen LogP contribution is -2.21. The Balaban J connectivity index is 2.10. The fraction of sp³-hybridized carbons (Fsp3) is 0. The van der Waals surface area contributed by atoms with Crippen LogP contribution in [0.4, 0.5) is 10.1 Å². The molecule has 0 heterocycles. The Morgan fingerprint density at radius 2 is 1.85 bits per heavy atom. The first-order chi connectivity index (χ1) is 9.54. The van der Waals surface area contributed by atoms with Gasteiger partial charge in [-0.2, -0.15) is 0 Å². The smallest absolute Gasteiger partial charge is 0.512 e. The van der Waals surface area contributed by atoms with Crippen molar-refractivity contribution in [3.8, 4) is 5.75 Å². The van der Waals surface area contributed by atoms with Gasteiger partial charge in [0.05, 0.1) is 0 Å². The van der Waals surface area contributed by atoms with Crippen LogP contribution < -0.4 is 9.97 Å². The second-order valence-corrected chi connectivity index (χ2v) is 3.93. The predicted molar refractivity (Wildman–Crippen MR) is 71.6 cm³/mol. The average Bonchev–Trinajstić information content (AvgIpc) is 2.41. The predicted octanol–water partition coefficient (Wildman–Crippen LogP) is 1.43. The van der Waals surface area contributed by atoms with Gasteiger partial charge in [-0.25, -0.2) is 4.39 Å². The van der Waals surface area contributed by atoms with Crippen LogP contribution >= 0.6 is 0 Å². The van der Waals surface area contributed by atoms with Crippen molar-refractivity contribution in [1.29, 1.82) is 0 Å². The van der Waals surface area contributed by atoms with Gasteiger partial charge < -0.3 is 20.0 Å². The topological polar surface area (TPSA) is 78.8 Å². The first-order valence-electron chi connectivity index (χ1n) is 5.74. The molecule has 0 spiro atoms. The third-order valence-corrected chi connectivity index (χ3v) is 2.44. The molecule has 0 aromatic heterocycles. The highest BCUT2D eigenvalue weighted by Crippen LogP contribution is 2.16. The highest BCUT2D eigenvalue weighted by molar-refractivity contribution is 6.33. The Morgan fingerprint density at radius 3 is 2.50 bits per heavy atom. The zero-order valence-corrected chi connectivity index (χ0v) is 10.3. The summed E-state index contributed by atoms with van der Waals surface area (Å²) in [5, 5.41) is 20.0. The van der Waals surface area contributed by atoms with Gasteiger partial charge in [0.25, 0.3) is 5.91 Å². The van der Waals surface area contributed by atoms with Crippen LogP contribution in [0.3, 0.4) is 0 Å². The number of benzene rings is 2. The Bertz CT molecular complexity index is 604. The van der Waals surface area contributed by atoms with Crippen LogP contribution in [-0.4, -0.2) is 23.3 Å². The molecule has 102 valence electrons. The average molecular weight is 275 g/mol. The molecule has 0 radical (unpaired) electrons. The number of hydrogen-bond donors (Lipinski definition) is 3. The van der Waals surface area contributed by atoms with Crippen LogP contribution in [0.1, 0.15) is 10.4 Å². The maximum Gasteiger partial charge on any atom is 0.707 e. The Kier molecular flexibility index (Phi) is 4.34. The fourth-order valence-corrected chi connectivity index (χ4v) is 1.57. The second-order valence-electron chi connectivity index (χ2n) is 3.93. The van der Waals surface area contributed by atoms with Crippen LogP contribution in [-0.2, 0) is 0 Å². The van der Waals surface area contributed by atoms with Gasteiger partial charge in [0.1, 0.15) is 11.6 Å². The lowest BCUT2D eigenvalue weighted by atomic mass is 10.1. The molecule has 20 heavy (non-hydrogen) atoms. The minimum atomic E-state index is -1.95. The highest BCUT2D eigenvalue weighted by Gasteiger charge is 2.13. The third kappa shape index (κ3) is 3.81. The standard InChI is InChI=1S/C13H11BFNO4/c15-10-4-6-11(7-5-10)16-13(17)9-2-1-3-12(8-9)20-14(18)19/h1-8,18-19H,(H,16,17). The van der Waals surface area contributed by atoms with Crippen molar-refractivity contribution in [2.24, 2.45) is 0 Å². The van der Waals surface area contributed by atoms with E-state index in [0.717, 1.165) is 0 Å². The van der Waals surface area contributed by atoms with E-state index in [0.29, 0.717) is 5.69 Å². The molecule has 2 aromatic carbocycles. The van der Waals surface area contributed by atoms with E-state index < -0.39 is 19.0 Å². The van der Waals surface area contributed by atoms with Gasteiger partial charge in [-0.15, -0.1) is 0 Å². The summed E-state index contributed by atoms with van der Waals surface area (Å²) in [4.78, 5) is 12.0. The monoisotopic (exact) mass is 275 g/mol. The minimum absolute atomic E-state index is 0.145. The molecule has 0 aliphatic heterocycles. The molecule has 0 fully saturated rings. The summed E-state index contributed by atoms with van der Waals surface area (Å²) in [6, 6.07) is 11.3. The summed E-state index contributed by atoms with van der Waals surface area (Å²) in [5.41, 5.74) is 0.720. The number of carbonyl (C=O) groups excluding carboxylic acids is 1. The van der Waals surface area contributed by atoms with E-state index in [4.69, 9.17) is 10.0 Å². The van der Waals surface area contributed by atoms with Crippen LogP contribution in [0.5, 0.6) is 5.75 Å². The van der Waals surface area contributed by atoms with E-state index in [-0.39, 0.29) is 11.3 Å². The zero-order valence-electron chi connectivity index (χ0n) is 10.3. The highest BCUT2D eigenvalue weighted by atomic mass is 19.1. The number of rotatable bonds is 4. The van der Waals surface area contributed by atoms with Crippen molar-refractivity contribution in [2.45, 2.75) is 0 Å². The van der Waals surface area contributed by atoms with E-state index in [1.807, 2.05) is 0 Å². The normalized spacial score (nSPS) is 9.95. The number of carbonyl (C=O) groups is 1. The van der Waals surface area contributed by atoms with Crippen LogP contribution in [0.15, 0.2) is 48.5 Å². The van der Waals surface area contributed by atoms with Gasteiger partial charge in [0, 0.05) is 11.3 Å². The van der Waals surface area contributed by atoms with Crippen LogP contribution in [0.25, 0.3) is 0 Å². The first kappa shape index (κ1) is 14.0. The number of anilines is 1. The molecule has 0 saturated heterocycles. The Labute approximate surface area is 114 Å². The molecule has 3 N–H and O–H groups in total. The zero-order chi connectivity index (χ0) is 14.5. The van der Waals surface area contributed by atoms with E-state index >= 15 is 0 Å². The number of hydrogen-bond acceptors (Lipinski definition) is 4. The summed E-state index contributed by atoms with van der Waals surface area (Å²) < 4.78 is 17.4. The van der Waals surface area contributed by atoms with Gasteiger partial charge in [0.2, 0.25) is 0 Å². The summed E-state index contributed by atoms with van der Waals surface area (Å²) in [6.45, 7) is 0. The van der Waals surface area contributed by atoms with Gasteiger partial charge in [-0.3, -0.25) is 4.79 Å². The lowest BCUT2D eigenvalue weighted by Gasteiger charge is -2.08. The van der Waals surface area contributed by atoms with Crippen LogP contribution in [0, 0.1) is 5.82 Å². The van der Waals surface area contributed by atoms with E-state index in [1.165, 1.54) is 48.5 Å². The molecular weight excluding hydrogens is 264 g/mol. The minimum Gasteiger partial charge on any atom is -0.512 e. The molecule has 0 aliphatic carbocycles. The molecule has 0 atom stereocenters. The van der Waals surface area contributed by atoms with Gasteiger partial charge in [-0.05, 0) is 42.5 Å². The lowest BCUT2D eigenvalue weighted by molar-refractivity contribution is 0.102. The van der Waals surface area contributed by atoms with E-state index in [2.05, 4.69) is 9.97 Å². The van der Waals surface area contributed by atoms with Gasteiger partial charge >= 0.3 is 7.32 Å². The number of halogens is 1. The molecular formula is C13H11BFNO4. The summed E-state index contributed by atoms with van der Waals surface area (Å²) >= 11 is 0. The Hall–Kier alpha value is -2.38. The molecule has 7 heteroatoms. The SMILES string of the molecule is O=C(Nc1ccc(F)cc1)c1cccc(OB(O)O)c1. The number of nitrogens with one attached hydrogen (secondary N) is 1. The van der Waals surface area contributed by atoms with E-state index in [1.54, 1.807) is 0 Å². The molecule has 0 aliphatic rings. The first-order valence-corrected chi connectivity index (χ1v) is 5.74. The van der Waals surface area contributed by atoms with Crippen molar-refractivity contribution in [2.75, 3.05) is 5.32 Å². The van der Waals surface area contributed by atoms with Gasteiger partial charge in [-0.1, -0.05) is 6.07 Å². The third-order valence-electron chi connectivity index (χ3n) is 2.44. The molecule has 0 saturated carbocycles. The molecule has 1 amide bonds. The van der Waals surface area contributed by atoms with Crippen molar-refractivity contribution in [1.82, 2.24) is 0 Å². The summed E-state index contributed by atoms with van der Waals surface area (Å²) in [6.07, 6.45) is 0. The molecule has 0 bridgehead atoms. The maximum absolute atomic E-state index is 12.7. The molecule has 0 unspecified atom stereocenters. The largest absolute Gasteiger partial charge is 0.707 e. The van der Waals surface area contributed by atoms with Crippen LogP contribution in [0.2, 0.25) is 0 Å². The quantitative estimate of drug-likeness (QED) is 0.737. The van der Waals surface area contributed by atoms with Gasteiger partial charge in [0.15, 0.2) is 0 Å². The fourth-order valence-electron chi connectivity index (χ4n) is 1.57. The Morgan fingerprint density at radius 1 is 1.15 bits per heavy atom. The van der Waals surface area contributed by atoms with Crippen molar-refractivity contribution >= 4 is 18.9 Å². The maximum atomic E-state index is 12.7. The molecule has 5 nitrogen and oxygen atoms in total. The van der Waals surface area contributed by atoms with Crippen molar-refractivity contribution < 1.29 is 23.9 Å². The molecule has 2 aromatic rings. The van der Waals surface area contributed by atoms with Crippen molar-refractivity contribution in [3.63, 3.8) is 0 Å². The number of amides is 1. The second kappa shape index (κ2) is 6.18. The summed E-state index contributed by atoms with van der Waals surface area (Å²) in [5.74, 6) is -0.670. The molecule has 2 rings (SSSR count). The van der Waals surface area contributed by atoms with Crippen molar-refractivity contribution in [3.05, 3.63) is 59.9 Å².